The molecule has 1 aromatic heterocycles. The summed E-state index contributed by atoms with van der Waals surface area (Å²) in [4.78, 5) is 4.06. The molecule has 2 rings (SSSR count). The van der Waals surface area contributed by atoms with Crippen LogP contribution in [0.4, 0.5) is 0 Å². The van der Waals surface area contributed by atoms with Crippen molar-refractivity contribution in [2.24, 2.45) is 11.8 Å². The fraction of sp³-hybridized carbons (Fsp3) is 0.438. The normalized spacial score (nSPS) is 12.8. The van der Waals surface area contributed by atoms with Crippen molar-refractivity contribution in [2.75, 3.05) is 6.54 Å². The molecule has 0 aliphatic carbocycles. The third-order valence-electron chi connectivity index (χ3n) is 3.67. The van der Waals surface area contributed by atoms with Crippen LogP contribution in [0.5, 0.6) is 0 Å². The number of nitrogens with zero attached hydrogens (tertiary/aromatic N) is 2. The molecule has 1 heterocycles. The Bertz CT molecular complexity index is 471. The number of nitrogens with one attached hydrogen (secondary N) is 1. The zero-order chi connectivity index (χ0) is 13.7. The maximum absolute atomic E-state index is 4.06. The van der Waals surface area contributed by atoms with Crippen molar-refractivity contribution in [1.29, 1.82) is 0 Å². The first-order chi connectivity index (χ1) is 9.16. The lowest BCUT2D eigenvalue weighted by molar-refractivity contribution is 0.392. The van der Waals surface area contributed by atoms with Gasteiger partial charge < -0.3 is 9.88 Å². The topological polar surface area (TPSA) is 29.9 Å². The highest BCUT2D eigenvalue weighted by Gasteiger charge is 2.05. The predicted octanol–water partition coefficient (Wildman–Crippen LogP) is 3.25. The van der Waals surface area contributed by atoms with E-state index < -0.39 is 0 Å². The first-order valence-corrected chi connectivity index (χ1v) is 6.95. The molecule has 0 radical (unpaired) electrons. The van der Waals surface area contributed by atoms with Crippen molar-refractivity contribution >= 4 is 0 Å². The monoisotopic (exact) mass is 257 g/mol. The van der Waals surface area contributed by atoms with E-state index in [2.05, 4.69) is 55.3 Å². The summed E-state index contributed by atoms with van der Waals surface area (Å²) in [7, 11) is 0. The van der Waals surface area contributed by atoms with E-state index in [1.54, 1.807) is 6.20 Å². The standard InChI is InChI=1S/C16H23N3/c1-13(2)14(3)10-18-11-15-4-6-16(7-5-15)19-9-8-17-12-19/h4-9,12-14,18H,10-11H2,1-3H3. The van der Waals surface area contributed by atoms with E-state index in [1.165, 1.54) is 5.56 Å². The third-order valence-corrected chi connectivity index (χ3v) is 3.67. The molecule has 0 amide bonds. The molecule has 0 aliphatic rings. The van der Waals surface area contributed by atoms with Gasteiger partial charge in [-0.15, -0.1) is 0 Å². The van der Waals surface area contributed by atoms with Crippen LogP contribution < -0.4 is 5.32 Å². The lowest BCUT2D eigenvalue weighted by Gasteiger charge is -2.16. The van der Waals surface area contributed by atoms with Crippen molar-refractivity contribution in [2.45, 2.75) is 27.3 Å². The van der Waals surface area contributed by atoms with Crippen molar-refractivity contribution in [3.8, 4) is 5.69 Å². The predicted molar refractivity (Wildman–Crippen MR) is 79.3 cm³/mol. The average molecular weight is 257 g/mol. The van der Waals surface area contributed by atoms with Crippen molar-refractivity contribution < 1.29 is 0 Å². The summed E-state index contributed by atoms with van der Waals surface area (Å²) in [6.07, 6.45) is 5.57. The molecule has 1 N–H and O–H groups in total. The molecule has 3 nitrogen and oxygen atoms in total. The Labute approximate surface area is 115 Å². The van der Waals surface area contributed by atoms with Gasteiger partial charge in [-0.2, -0.15) is 0 Å². The van der Waals surface area contributed by atoms with Crippen LogP contribution in [0.3, 0.4) is 0 Å². The van der Waals surface area contributed by atoms with E-state index in [0.29, 0.717) is 5.92 Å². The largest absolute Gasteiger partial charge is 0.312 e. The van der Waals surface area contributed by atoms with Crippen LogP contribution in [0.15, 0.2) is 43.0 Å². The molecule has 1 aromatic carbocycles. The van der Waals surface area contributed by atoms with Gasteiger partial charge in [0.15, 0.2) is 0 Å². The lowest BCUT2D eigenvalue weighted by atomic mass is 9.98. The highest BCUT2D eigenvalue weighted by molar-refractivity contribution is 5.34. The molecule has 2 aromatic rings. The molecule has 1 unspecified atom stereocenters. The van der Waals surface area contributed by atoms with Crippen LogP contribution in [0.25, 0.3) is 5.69 Å². The summed E-state index contributed by atoms with van der Waals surface area (Å²) >= 11 is 0. The Morgan fingerprint density at radius 3 is 2.47 bits per heavy atom. The summed E-state index contributed by atoms with van der Waals surface area (Å²) in [5.41, 5.74) is 2.47. The van der Waals surface area contributed by atoms with Gasteiger partial charge in [0.1, 0.15) is 0 Å². The second-order valence-corrected chi connectivity index (χ2v) is 5.49. The van der Waals surface area contributed by atoms with Crippen molar-refractivity contribution in [3.63, 3.8) is 0 Å². The minimum atomic E-state index is 0.713. The number of aromatic nitrogens is 2. The summed E-state index contributed by atoms with van der Waals surface area (Å²) in [6, 6.07) is 8.60. The van der Waals surface area contributed by atoms with E-state index in [9.17, 15) is 0 Å². The quantitative estimate of drug-likeness (QED) is 0.861. The second-order valence-electron chi connectivity index (χ2n) is 5.49. The van der Waals surface area contributed by atoms with Gasteiger partial charge in [-0.05, 0) is 36.1 Å². The van der Waals surface area contributed by atoms with Gasteiger partial charge in [0, 0.05) is 24.6 Å². The summed E-state index contributed by atoms with van der Waals surface area (Å²) < 4.78 is 2.01. The van der Waals surface area contributed by atoms with Crippen LogP contribution >= 0.6 is 0 Å². The van der Waals surface area contributed by atoms with Gasteiger partial charge >= 0.3 is 0 Å². The maximum atomic E-state index is 4.06. The molecule has 3 heteroatoms. The molecule has 0 saturated carbocycles. The highest BCUT2D eigenvalue weighted by atomic mass is 15.0. The Morgan fingerprint density at radius 1 is 1.16 bits per heavy atom. The molecule has 0 fully saturated rings. The Hall–Kier alpha value is -1.61. The number of rotatable bonds is 6. The first kappa shape index (κ1) is 13.8. The second kappa shape index (κ2) is 6.53. The van der Waals surface area contributed by atoms with E-state index in [1.807, 2.05) is 17.1 Å². The number of benzene rings is 1. The van der Waals surface area contributed by atoms with Gasteiger partial charge in [-0.25, -0.2) is 4.98 Å². The molecule has 1 atom stereocenters. The van der Waals surface area contributed by atoms with Gasteiger partial charge in [0.2, 0.25) is 0 Å². The van der Waals surface area contributed by atoms with Gasteiger partial charge in [0.05, 0.1) is 6.33 Å². The third kappa shape index (κ3) is 3.93. The molecule has 19 heavy (non-hydrogen) atoms. The molecular formula is C16H23N3. The Morgan fingerprint density at radius 2 is 1.89 bits per heavy atom. The number of hydrogen-bond acceptors (Lipinski definition) is 2. The van der Waals surface area contributed by atoms with Crippen molar-refractivity contribution in [1.82, 2.24) is 14.9 Å². The molecule has 0 aliphatic heterocycles. The van der Waals surface area contributed by atoms with Crippen LogP contribution in [0.1, 0.15) is 26.3 Å². The van der Waals surface area contributed by atoms with Gasteiger partial charge in [-0.1, -0.05) is 32.9 Å². The van der Waals surface area contributed by atoms with Gasteiger partial charge in [0.25, 0.3) is 0 Å². The zero-order valence-electron chi connectivity index (χ0n) is 12.0. The molecule has 0 spiro atoms. The molecule has 0 saturated heterocycles. The van der Waals surface area contributed by atoms with E-state index in [4.69, 9.17) is 0 Å². The van der Waals surface area contributed by atoms with Crippen molar-refractivity contribution in [3.05, 3.63) is 48.5 Å². The lowest BCUT2D eigenvalue weighted by Crippen LogP contribution is -2.23. The zero-order valence-corrected chi connectivity index (χ0v) is 12.0. The van der Waals surface area contributed by atoms with Crippen LogP contribution in [-0.2, 0) is 6.54 Å². The fourth-order valence-electron chi connectivity index (χ4n) is 1.88. The van der Waals surface area contributed by atoms with Crippen LogP contribution in [0, 0.1) is 11.8 Å². The van der Waals surface area contributed by atoms with E-state index >= 15 is 0 Å². The highest BCUT2D eigenvalue weighted by Crippen LogP contribution is 2.10. The summed E-state index contributed by atoms with van der Waals surface area (Å²) in [6.45, 7) is 8.83. The number of hydrogen-bond donors (Lipinski definition) is 1. The summed E-state index contributed by atoms with van der Waals surface area (Å²) in [5, 5.41) is 3.52. The molecule has 0 bridgehead atoms. The molecule has 102 valence electrons. The Kier molecular flexibility index (Phi) is 4.74. The summed E-state index contributed by atoms with van der Waals surface area (Å²) in [5.74, 6) is 1.45. The maximum Gasteiger partial charge on any atom is 0.0991 e. The van der Waals surface area contributed by atoms with Gasteiger partial charge in [-0.3, -0.25) is 0 Å². The average Bonchev–Trinajstić information content (AvgIpc) is 2.93. The van der Waals surface area contributed by atoms with E-state index in [-0.39, 0.29) is 0 Å². The molecular weight excluding hydrogens is 234 g/mol. The van der Waals surface area contributed by atoms with E-state index in [0.717, 1.165) is 24.7 Å². The minimum Gasteiger partial charge on any atom is -0.312 e. The number of imidazole rings is 1. The fourth-order valence-corrected chi connectivity index (χ4v) is 1.88. The van der Waals surface area contributed by atoms with Crippen LogP contribution in [0.2, 0.25) is 0 Å². The van der Waals surface area contributed by atoms with Crippen LogP contribution in [-0.4, -0.2) is 16.1 Å². The SMILES string of the molecule is CC(C)C(C)CNCc1ccc(-n2ccnc2)cc1. The minimum absolute atomic E-state index is 0.713. The first-order valence-electron chi connectivity index (χ1n) is 6.95. The smallest absolute Gasteiger partial charge is 0.0991 e. The Balaban J connectivity index is 1.86.